The van der Waals surface area contributed by atoms with E-state index < -0.39 is 0 Å². The first kappa shape index (κ1) is 41.8. The molecule has 3 fully saturated rings. The smallest absolute Gasteiger partial charge is 0.409 e. The van der Waals surface area contributed by atoms with Gasteiger partial charge < -0.3 is 39.5 Å². The molecular formula is C40H55BrN6O8. The molecule has 6 rings (SSSR count). The minimum absolute atomic E-state index is 0.00936. The van der Waals surface area contributed by atoms with Crippen LogP contribution in [0.3, 0.4) is 0 Å². The molecule has 0 saturated carbocycles. The molecule has 1 atom stereocenters. The molecule has 2 aromatic rings. The Morgan fingerprint density at radius 1 is 0.818 bits per heavy atom. The Morgan fingerprint density at radius 3 is 2.13 bits per heavy atom. The number of likely N-dealkylation sites (tertiary alicyclic amines) is 2. The van der Waals surface area contributed by atoms with E-state index in [1.54, 1.807) is 11.0 Å². The highest BCUT2D eigenvalue weighted by Gasteiger charge is 2.33. The summed E-state index contributed by atoms with van der Waals surface area (Å²) in [6.07, 6.45) is 5.01. The number of fused-ring (bicyclic) bond motifs is 1. The van der Waals surface area contributed by atoms with Gasteiger partial charge in [0.15, 0.2) is 0 Å². The number of nitrogens with one attached hydrogen (secondary N) is 1. The quantitative estimate of drug-likeness (QED) is 0.360. The van der Waals surface area contributed by atoms with Crippen molar-refractivity contribution in [3.63, 3.8) is 0 Å². The van der Waals surface area contributed by atoms with Crippen molar-refractivity contribution in [2.75, 3.05) is 78.4 Å². The number of esters is 1. The fourth-order valence-electron chi connectivity index (χ4n) is 7.91. The van der Waals surface area contributed by atoms with E-state index in [2.05, 4.69) is 36.9 Å². The van der Waals surface area contributed by atoms with E-state index in [0.29, 0.717) is 49.7 Å². The van der Waals surface area contributed by atoms with Crippen LogP contribution in [0.2, 0.25) is 0 Å². The molecule has 3 saturated heterocycles. The van der Waals surface area contributed by atoms with Gasteiger partial charge in [0.05, 0.1) is 25.1 Å². The molecule has 2 aromatic carbocycles. The lowest BCUT2D eigenvalue weighted by atomic mass is 9.97. The molecule has 0 radical (unpaired) electrons. The van der Waals surface area contributed by atoms with Crippen LogP contribution in [0.5, 0.6) is 5.75 Å². The second kappa shape index (κ2) is 20.0. The fourth-order valence-corrected chi connectivity index (χ4v) is 8.34. The van der Waals surface area contributed by atoms with E-state index in [4.69, 9.17) is 4.74 Å². The van der Waals surface area contributed by atoms with E-state index in [0.717, 1.165) is 69.5 Å². The van der Waals surface area contributed by atoms with E-state index in [-0.39, 0.29) is 60.5 Å². The van der Waals surface area contributed by atoms with Crippen molar-refractivity contribution in [3.05, 3.63) is 58.1 Å². The molecule has 0 bridgehead atoms. The number of piperazine rings is 1. The third-order valence-corrected chi connectivity index (χ3v) is 11.8. The molecule has 0 aliphatic carbocycles. The highest BCUT2D eigenvalue weighted by atomic mass is 79.9. The van der Waals surface area contributed by atoms with Crippen LogP contribution in [-0.2, 0) is 36.7 Å². The lowest BCUT2D eigenvalue weighted by Gasteiger charge is -2.43. The standard InChI is InChI=1S/C24H34BrN3O5.C16H21N3O3/c1-17(15-18-3-4-21(29)20(25)16-18)24(32)28-9-7-19(8-10-28)26-11-13-27(14-12-26)22(30)5-6-23(31)33-2;1-22-16(21)18-9-7-13(8-10-18)19-11-6-12-4-2-3-5-14(12)17-15(19)20/h3-4,16-17,19,29H,5-15H2,1-2H3;2-5,13H,6-11H2,1H3,(H,17,20)/t17-;/m1./s1. The van der Waals surface area contributed by atoms with Gasteiger partial charge in [-0.1, -0.05) is 31.2 Å². The molecule has 55 heavy (non-hydrogen) atoms. The number of methoxy groups -OCH3 is 2. The number of nitrogens with zero attached hydrogens (tertiary/aromatic N) is 5. The molecule has 0 unspecified atom stereocenters. The van der Waals surface area contributed by atoms with Gasteiger partial charge in [-0.2, -0.15) is 0 Å². The minimum Gasteiger partial charge on any atom is -0.507 e. The zero-order valence-corrected chi connectivity index (χ0v) is 33.8. The number of rotatable bonds is 8. The summed E-state index contributed by atoms with van der Waals surface area (Å²) in [5, 5.41) is 12.7. The summed E-state index contributed by atoms with van der Waals surface area (Å²) in [6.45, 7) is 8.47. The Balaban J connectivity index is 0.000000228. The average molecular weight is 828 g/mol. The zero-order chi connectivity index (χ0) is 39.5. The number of piperidine rings is 2. The molecule has 14 nitrogen and oxygen atoms in total. The maximum Gasteiger partial charge on any atom is 0.409 e. The van der Waals surface area contributed by atoms with Crippen molar-refractivity contribution in [1.29, 1.82) is 0 Å². The Bertz CT molecular complexity index is 1650. The van der Waals surface area contributed by atoms with Crippen LogP contribution in [0, 0.1) is 5.92 Å². The van der Waals surface area contributed by atoms with Crippen LogP contribution in [0.4, 0.5) is 15.3 Å². The van der Waals surface area contributed by atoms with Gasteiger partial charge >= 0.3 is 18.1 Å². The van der Waals surface area contributed by atoms with Gasteiger partial charge in [-0.15, -0.1) is 0 Å². The number of carbonyl (C=O) groups is 5. The number of urea groups is 1. The number of phenols is 1. The van der Waals surface area contributed by atoms with Gasteiger partial charge in [0.25, 0.3) is 0 Å². The number of halogens is 1. The fraction of sp³-hybridized carbons (Fsp3) is 0.575. The summed E-state index contributed by atoms with van der Waals surface area (Å²) in [5.74, 6) is -0.0777. The number of phenolic OH excluding ortho intramolecular Hbond substituents is 1. The normalized spacial score (nSPS) is 18.9. The Labute approximate surface area is 332 Å². The first-order chi connectivity index (χ1) is 26.5. The number of aromatic hydroxyl groups is 1. The van der Waals surface area contributed by atoms with Crippen molar-refractivity contribution in [2.45, 2.75) is 70.4 Å². The van der Waals surface area contributed by atoms with Crippen LogP contribution in [0.25, 0.3) is 0 Å². The number of hydrogen-bond acceptors (Lipinski definition) is 9. The van der Waals surface area contributed by atoms with Gasteiger partial charge in [-0.25, -0.2) is 9.59 Å². The van der Waals surface area contributed by atoms with Crippen LogP contribution in [-0.4, -0.2) is 145 Å². The number of carbonyl (C=O) groups excluding carboxylic acids is 5. The van der Waals surface area contributed by atoms with Crippen LogP contribution < -0.4 is 5.32 Å². The summed E-state index contributed by atoms with van der Waals surface area (Å²) in [7, 11) is 2.73. The van der Waals surface area contributed by atoms with Crippen molar-refractivity contribution >= 4 is 51.5 Å². The number of hydrogen-bond donors (Lipinski definition) is 2. The van der Waals surface area contributed by atoms with Gasteiger partial charge in [-0.3, -0.25) is 19.3 Å². The molecule has 4 aliphatic rings. The average Bonchev–Trinajstić information content (AvgIpc) is 3.38. The predicted molar refractivity (Wildman–Crippen MR) is 211 cm³/mol. The molecule has 15 heteroatoms. The summed E-state index contributed by atoms with van der Waals surface area (Å²) in [5.41, 5.74) is 3.10. The lowest BCUT2D eigenvalue weighted by molar-refractivity contribution is -0.144. The van der Waals surface area contributed by atoms with E-state index in [1.807, 2.05) is 52.0 Å². The zero-order valence-electron chi connectivity index (χ0n) is 32.2. The molecule has 5 amide bonds. The number of ether oxygens (including phenoxy) is 2. The summed E-state index contributed by atoms with van der Waals surface area (Å²) in [4.78, 5) is 70.3. The number of amides is 5. The first-order valence-electron chi connectivity index (χ1n) is 19.3. The number of para-hydroxylation sites is 1. The van der Waals surface area contributed by atoms with E-state index in [1.165, 1.54) is 19.8 Å². The lowest BCUT2D eigenvalue weighted by Crippen LogP contribution is -2.55. The molecule has 2 N–H and O–H groups in total. The predicted octanol–water partition coefficient (Wildman–Crippen LogP) is 4.73. The molecular weight excluding hydrogens is 772 g/mol. The highest BCUT2D eigenvalue weighted by Crippen LogP contribution is 2.27. The van der Waals surface area contributed by atoms with Crippen molar-refractivity contribution in [2.24, 2.45) is 5.92 Å². The van der Waals surface area contributed by atoms with E-state index in [9.17, 15) is 29.1 Å². The molecule has 300 valence electrons. The van der Waals surface area contributed by atoms with Gasteiger partial charge in [0, 0.05) is 89.0 Å². The van der Waals surface area contributed by atoms with Gasteiger partial charge in [-0.05, 0) is 83.8 Å². The summed E-state index contributed by atoms with van der Waals surface area (Å²) in [6, 6.07) is 13.9. The van der Waals surface area contributed by atoms with Crippen LogP contribution >= 0.6 is 15.9 Å². The Hall–Kier alpha value is -4.37. The third kappa shape index (κ3) is 11.3. The van der Waals surface area contributed by atoms with Gasteiger partial charge in [0.2, 0.25) is 11.8 Å². The Kier molecular flexibility index (Phi) is 15.2. The number of anilines is 1. The highest BCUT2D eigenvalue weighted by molar-refractivity contribution is 9.10. The topological polar surface area (TPSA) is 152 Å². The maximum atomic E-state index is 13.0. The molecule has 0 spiro atoms. The molecule has 4 aliphatic heterocycles. The van der Waals surface area contributed by atoms with Crippen LogP contribution in [0.1, 0.15) is 56.6 Å². The molecule has 0 aromatic heterocycles. The Morgan fingerprint density at radius 2 is 1.47 bits per heavy atom. The van der Waals surface area contributed by atoms with Crippen LogP contribution in [0.15, 0.2) is 46.9 Å². The second-order valence-electron chi connectivity index (χ2n) is 14.7. The van der Waals surface area contributed by atoms with Crippen molar-refractivity contribution < 1.29 is 38.6 Å². The third-order valence-electron chi connectivity index (χ3n) is 11.2. The second-order valence-corrected chi connectivity index (χ2v) is 15.5. The molecule has 4 heterocycles. The number of benzene rings is 2. The van der Waals surface area contributed by atoms with Crippen molar-refractivity contribution in [1.82, 2.24) is 24.5 Å². The maximum absolute atomic E-state index is 13.0. The van der Waals surface area contributed by atoms with E-state index >= 15 is 0 Å². The minimum atomic E-state index is -0.353. The first-order valence-corrected chi connectivity index (χ1v) is 20.1. The SMILES string of the molecule is COC(=O)CCC(=O)N1CCN(C2CCN(C(=O)[C@H](C)Cc3ccc(O)c(Br)c3)CC2)CC1.COC(=O)N1CCC(N2CCc3ccccc3NC2=O)CC1. The van der Waals surface area contributed by atoms with Crippen molar-refractivity contribution in [3.8, 4) is 5.75 Å². The largest absolute Gasteiger partial charge is 0.507 e. The summed E-state index contributed by atoms with van der Waals surface area (Å²) >= 11 is 3.33. The monoisotopic (exact) mass is 826 g/mol. The van der Waals surface area contributed by atoms with Gasteiger partial charge in [0.1, 0.15) is 5.75 Å². The summed E-state index contributed by atoms with van der Waals surface area (Å²) < 4.78 is 10.00.